The van der Waals surface area contributed by atoms with Crippen LogP contribution < -0.4 is 4.74 Å². The molecule has 3 heterocycles. The topological polar surface area (TPSA) is 76.2 Å². The number of para-hydroxylation sites is 1. The van der Waals surface area contributed by atoms with Crippen molar-refractivity contribution in [2.45, 2.75) is 69.7 Å². The molecule has 1 aromatic carbocycles. The van der Waals surface area contributed by atoms with Gasteiger partial charge in [0.15, 0.2) is 0 Å². The molecule has 166 valence electrons. The summed E-state index contributed by atoms with van der Waals surface area (Å²) in [6, 6.07) is 7.89. The van der Waals surface area contributed by atoms with Crippen LogP contribution in [-0.4, -0.2) is 73.8 Å². The number of carbonyl (C=O) groups is 1. The highest BCUT2D eigenvalue weighted by Gasteiger charge is 2.45. The third-order valence-corrected chi connectivity index (χ3v) is 7.90. The molecule has 1 amide bonds. The summed E-state index contributed by atoms with van der Waals surface area (Å²) in [5.74, 6) is 0.715. The first-order chi connectivity index (χ1) is 14.4. The van der Waals surface area contributed by atoms with Gasteiger partial charge in [-0.1, -0.05) is 12.1 Å². The minimum Gasteiger partial charge on any atom is -0.493 e. The Bertz CT molecular complexity index is 852. The third kappa shape index (κ3) is 4.50. The van der Waals surface area contributed by atoms with Crippen LogP contribution in [0, 0.1) is 0 Å². The van der Waals surface area contributed by atoms with Crippen molar-refractivity contribution in [2.24, 2.45) is 0 Å². The highest BCUT2D eigenvalue weighted by Crippen LogP contribution is 2.39. The molecule has 2 bridgehead atoms. The zero-order valence-electron chi connectivity index (χ0n) is 17.8. The van der Waals surface area contributed by atoms with Gasteiger partial charge in [0.2, 0.25) is 10.0 Å². The Morgan fingerprint density at radius 3 is 2.27 bits per heavy atom. The fourth-order valence-corrected chi connectivity index (χ4v) is 6.08. The molecule has 4 rings (SSSR count). The SMILES string of the molecule is CCOc1ccccc1C(=O)N1[C@@H]2CC[C@H]1CC(OC1CCN(S(C)(=O)=O)CC1)C2. The predicted octanol–water partition coefficient (Wildman–Crippen LogP) is 2.66. The molecule has 1 unspecified atom stereocenters. The number of hydrogen-bond donors (Lipinski definition) is 0. The van der Waals surface area contributed by atoms with Crippen LogP contribution in [0.5, 0.6) is 5.75 Å². The van der Waals surface area contributed by atoms with Crippen LogP contribution in [0.4, 0.5) is 0 Å². The number of amides is 1. The van der Waals surface area contributed by atoms with E-state index in [1.54, 1.807) is 0 Å². The molecule has 3 atom stereocenters. The fraction of sp³-hybridized carbons (Fsp3) is 0.682. The van der Waals surface area contributed by atoms with E-state index in [2.05, 4.69) is 4.90 Å². The van der Waals surface area contributed by atoms with Crippen LogP contribution in [0.1, 0.15) is 55.8 Å². The molecule has 3 aliphatic rings. The average molecular weight is 437 g/mol. The van der Waals surface area contributed by atoms with Crippen LogP contribution >= 0.6 is 0 Å². The smallest absolute Gasteiger partial charge is 0.258 e. The highest BCUT2D eigenvalue weighted by molar-refractivity contribution is 7.88. The summed E-state index contributed by atoms with van der Waals surface area (Å²) < 4.78 is 37.0. The van der Waals surface area contributed by atoms with Gasteiger partial charge >= 0.3 is 0 Å². The summed E-state index contributed by atoms with van der Waals surface area (Å²) in [5.41, 5.74) is 0.642. The molecule has 0 aliphatic carbocycles. The van der Waals surface area contributed by atoms with Crippen LogP contribution in [-0.2, 0) is 14.8 Å². The number of benzene rings is 1. The van der Waals surface area contributed by atoms with Gasteiger partial charge in [0.05, 0.1) is 30.6 Å². The van der Waals surface area contributed by atoms with E-state index >= 15 is 0 Å². The first-order valence-electron chi connectivity index (χ1n) is 11.0. The van der Waals surface area contributed by atoms with Gasteiger partial charge in [0, 0.05) is 25.2 Å². The van der Waals surface area contributed by atoms with Crippen molar-refractivity contribution in [1.82, 2.24) is 9.21 Å². The predicted molar refractivity (Wildman–Crippen MR) is 114 cm³/mol. The summed E-state index contributed by atoms with van der Waals surface area (Å²) in [7, 11) is -3.12. The van der Waals surface area contributed by atoms with Gasteiger partial charge in [-0.15, -0.1) is 0 Å². The van der Waals surface area contributed by atoms with Gasteiger partial charge in [-0.25, -0.2) is 12.7 Å². The third-order valence-electron chi connectivity index (χ3n) is 6.60. The van der Waals surface area contributed by atoms with E-state index in [0.29, 0.717) is 31.0 Å². The quantitative estimate of drug-likeness (QED) is 0.685. The van der Waals surface area contributed by atoms with Crippen LogP contribution in [0.3, 0.4) is 0 Å². The van der Waals surface area contributed by atoms with E-state index in [0.717, 1.165) is 38.5 Å². The van der Waals surface area contributed by atoms with Gasteiger partial charge in [0.25, 0.3) is 5.91 Å². The largest absolute Gasteiger partial charge is 0.493 e. The average Bonchev–Trinajstić information content (AvgIpc) is 2.98. The first kappa shape index (κ1) is 21.6. The number of ether oxygens (including phenoxy) is 2. The number of hydrogen-bond acceptors (Lipinski definition) is 5. The summed E-state index contributed by atoms with van der Waals surface area (Å²) in [5, 5.41) is 0. The molecule has 0 radical (unpaired) electrons. The number of carbonyl (C=O) groups excluding carboxylic acids is 1. The van der Waals surface area contributed by atoms with Crippen LogP contribution in [0.15, 0.2) is 24.3 Å². The Labute approximate surface area is 179 Å². The molecule has 0 spiro atoms. The lowest BCUT2D eigenvalue weighted by Crippen LogP contribution is -2.50. The maximum absolute atomic E-state index is 13.3. The van der Waals surface area contributed by atoms with Crippen LogP contribution in [0.2, 0.25) is 0 Å². The lowest BCUT2D eigenvalue weighted by molar-refractivity contribution is -0.0689. The zero-order chi connectivity index (χ0) is 21.3. The minimum atomic E-state index is -3.12. The van der Waals surface area contributed by atoms with Crippen molar-refractivity contribution in [1.29, 1.82) is 0 Å². The van der Waals surface area contributed by atoms with Gasteiger partial charge in [-0.3, -0.25) is 4.79 Å². The summed E-state index contributed by atoms with van der Waals surface area (Å²) in [6.07, 6.45) is 6.72. The number of piperidine rings is 2. The molecule has 7 nitrogen and oxygen atoms in total. The van der Waals surface area contributed by atoms with Gasteiger partial charge < -0.3 is 14.4 Å². The second kappa shape index (κ2) is 8.85. The van der Waals surface area contributed by atoms with Crippen molar-refractivity contribution in [2.75, 3.05) is 26.0 Å². The summed E-state index contributed by atoms with van der Waals surface area (Å²) in [6.45, 7) is 3.52. The van der Waals surface area contributed by atoms with E-state index in [1.807, 2.05) is 31.2 Å². The lowest BCUT2D eigenvalue weighted by Gasteiger charge is -2.41. The normalized spacial score (nSPS) is 27.9. The van der Waals surface area contributed by atoms with Gasteiger partial charge in [-0.05, 0) is 57.6 Å². The Kier molecular flexibility index (Phi) is 6.36. The Hall–Kier alpha value is -1.64. The van der Waals surface area contributed by atoms with Crippen molar-refractivity contribution in [3.05, 3.63) is 29.8 Å². The summed E-state index contributed by atoms with van der Waals surface area (Å²) in [4.78, 5) is 15.4. The van der Waals surface area contributed by atoms with E-state index in [9.17, 15) is 13.2 Å². The second-order valence-electron chi connectivity index (χ2n) is 8.62. The molecule has 3 fully saturated rings. The van der Waals surface area contributed by atoms with E-state index in [-0.39, 0.29) is 30.2 Å². The number of fused-ring (bicyclic) bond motifs is 2. The van der Waals surface area contributed by atoms with Crippen molar-refractivity contribution in [3.63, 3.8) is 0 Å². The van der Waals surface area contributed by atoms with Crippen LogP contribution in [0.25, 0.3) is 0 Å². The molecule has 0 N–H and O–H groups in total. The molecule has 0 saturated carbocycles. The second-order valence-corrected chi connectivity index (χ2v) is 10.6. The van der Waals surface area contributed by atoms with Crippen molar-refractivity contribution in [3.8, 4) is 5.75 Å². The molecule has 8 heteroatoms. The minimum absolute atomic E-state index is 0.0615. The Morgan fingerprint density at radius 1 is 1.03 bits per heavy atom. The molecule has 1 aromatic rings. The van der Waals surface area contributed by atoms with Gasteiger partial charge in [0.1, 0.15) is 5.75 Å². The zero-order valence-corrected chi connectivity index (χ0v) is 18.6. The highest BCUT2D eigenvalue weighted by atomic mass is 32.2. The fourth-order valence-electron chi connectivity index (χ4n) is 5.21. The molecule has 3 aliphatic heterocycles. The van der Waals surface area contributed by atoms with E-state index in [4.69, 9.17) is 9.47 Å². The maximum atomic E-state index is 13.3. The Balaban J connectivity index is 1.37. The molecule has 0 aromatic heterocycles. The van der Waals surface area contributed by atoms with E-state index in [1.165, 1.54) is 10.6 Å². The molecular formula is C22H32N2O5S. The monoisotopic (exact) mass is 436 g/mol. The van der Waals surface area contributed by atoms with Crippen molar-refractivity contribution >= 4 is 15.9 Å². The van der Waals surface area contributed by atoms with Gasteiger partial charge in [-0.2, -0.15) is 0 Å². The first-order valence-corrected chi connectivity index (χ1v) is 12.9. The number of nitrogens with zero attached hydrogens (tertiary/aromatic N) is 2. The molecule has 30 heavy (non-hydrogen) atoms. The summed E-state index contributed by atoms with van der Waals surface area (Å²) >= 11 is 0. The lowest BCUT2D eigenvalue weighted by atomic mass is 9.97. The van der Waals surface area contributed by atoms with E-state index < -0.39 is 10.0 Å². The molecular weight excluding hydrogens is 404 g/mol. The Morgan fingerprint density at radius 2 is 1.67 bits per heavy atom. The number of sulfonamides is 1. The maximum Gasteiger partial charge on any atom is 0.258 e. The standard InChI is InChI=1S/C22H32N2O5S/c1-3-28-21-7-5-4-6-20(21)22(25)24-16-8-9-17(24)15-19(14-16)29-18-10-12-23(13-11-18)30(2,26)27/h4-7,16-19H,3,8-15H2,1-2H3/t16-,17+,19?. The molecule has 3 saturated heterocycles. The van der Waals surface area contributed by atoms with Crippen molar-refractivity contribution < 1.29 is 22.7 Å². The number of rotatable bonds is 6.